The highest BCUT2D eigenvalue weighted by atomic mass is 127. The Morgan fingerprint density at radius 3 is 0.759 bits per heavy atom. The van der Waals surface area contributed by atoms with Crippen molar-refractivity contribution in [1.82, 2.24) is 0 Å². The highest BCUT2D eigenvalue weighted by molar-refractivity contribution is 14.1. The van der Waals surface area contributed by atoms with Gasteiger partial charge in [0, 0.05) is 0 Å². The molecule has 1 atom stereocenters. The topological polar surface area (TPSA) is 17.1 Å². The molecule has 10 aliphatic rings. The Kier molecular flexibility index (Phi) is 26.9. The van der Waals surface area contributed by atoms with Crippen molar-refractivity contribution in [3.8, 4) is 0 Å². The van der Waals surface area contributed by atoms with E-state index in [0.717, 1.165) is 23.7 Å². The smallest absolute Gasteiger partial charge is 0.142 e. The van der Waals surface area contributed by atoms with E-state index in [4.69, 9.17) is 0 Å². The summed E-state index contributed by atoms with van der Waals surface area (Å²) in [5.74, 6) is 4.71. The monoisotopic (exact) mass is 1270 g/mol. The van der Waals surface area contributed by atoms with Gasteiger partial charge in [0.1, 0.15) is 5.78 Å². The Morgan fingerprint density at radius 2 is 0.614 bits per heavy atom. The van der Waals surface area contributed by atoms with E-state index < -0.39 is 0 Å². The summed E-state index contributed by atoms with van der Waals surface area (Å²) < 4.78 is 0.183. The zero-order valence-corrected chi connectivity index (χ0v) is 66.7. The van der Waals surface area contributed by atoms with E-state index >= 15 is 0 Å². The van der Waals surface area contributed by atoms with E-state index in [0.29, 0.717) is 92.1 Å². The number of hydrogen-bond donors (Lipinski definition) is 0. The van der Waals surface area contributed by atoms with E-state index in [1.54, 1.807) is 39.0 Å². The molecule has 0 heterocycles. The van der Waals surface area contributed by atoms with E-state index in [1.165, 1.54) is 83.5 Å². The first-order chi connectivity index (χ1) is 36.4. The van der Waals surface area contributed by atoms with E-state index in [2.05, 4.69) is 284 Å². The highest BCUT2D eigenvalue weighted by Gasteiger charge is 2.89. The number of ketones is 1. The largest absolute Gasteiger partial charge is 0.299 e. The van der Waals surface area contributed by atoms with E-state index in [9.17, 15) is 4.79 Å². The van der Waals surface area contributed by atoms with Gasteiger partial charge in [-0.2, -0.15) is 0 Å². The minimum Gasteiger partial charge on any atom is -0.299 e. The first kappa shape index (κ1) is 81.2. The summed E-state index contributed by atoms with van der Waals surface area (Å²) >= 11 is 2.08. The molecule has 0 aromatic carbocycles. The SMILES string of the molecule is CC(=O)C(C)I.CC(C)(C)C.CC(C)(C)C.CC1(C)C(C)(C)C2(C)C(C)(C)C(C)(C)C1(C)C2(C)C.CC1(C)C2CC3CC(C2)CC1C3.CC1(C)C=CCCC1.CC1(C)CCCC1(C)C.CC1(C)CCCC1(C)C.CC1(C)CCCCC1(C)C. The molecule has 0 aromatic heterocycles. The molecule has 0 saturated heterocycles. The third kappa shape index (κ3) is 18.2. The van der Waals surface area contributed by atoms with Crippen molar-refractivity contribution < 1.29 is 4.79 Å². The van der Waals surface area contributed by atoms with Crippen molar-refractivity contribution in [3.63, 3.8) is 0 Å². The van der Waals surface area contributed by atoms with Crippen LogP contribution in [-0.4, -0.2) is 9.71 Å². The molecular weight excluding hydrogens is 1120 g/mol. The summed E-state index contributed by atoms with van der Waals surface area (Å²) in [7, 11) is 0. The average Bonchev–Trinajstić information content (AvgIpc) is 3.72. The van der Waals surface area contributed by atoms with Crippen molar-refractivity contribution in [2.75, 3.05) is 0 Å². The molecule has 9 saturated carbocycles. The van der Waals surface area contributed by atoms with Crippen LogP contribution < -0.4 is 0 Å². The molecule has 10 aliphatic carbocycles. The molecule has 6 bridgehead atoms. The Bertz CT molecular complexity index is 1830. The lowest BCUT2D eigenvalue weighted by molar-refractivity contribution is -0.193. The predicted molar refractivity (Wildman–Crippen MR) is 386 cm³/mol. The Labute approximate surface area is 540 Å². The van der Waals surface area contributed by atoms with E-state index in [-0.39, 0.29) is 9.71 Å². The van der Waals surface area contributed by atoms with Crippen molar-refractivity contribution >= 4 is 28.4 Å². The molecule has 0 radical (unpaired) electrons. The van der Waals surface area contributed by atoms with Crippen LogP contribution in [0, 0.1) is 116 Å². The van der Waals surface area contributed by atoms with Crippen LogP contribution in [0.1, 0.15) is 379 Å². The fourth-order valence-electron chi connectivity index (χ4n) is 18.4. The fourth-order valence-corrected chi connectivity index (χ4v) is 18.4. The van der Waals surface area contributed by atoms with Crippen LogP contribution in [0.25, 0.3) is 0 Å². The molecule has 2 heteroatoms. The number of carbonyl (C=O) groups is 1. The van der Waals surface area contributed by atoms with Gasteiger partial charge in [0.25, 0.3) is 0 Å². The molecule has 0 aromatic rings. The van der Waals surface area contributed by atoms with Gasteiger partial charge in [0.15, 0.2) is 0 Å². The number of fused-ring (bicyclic) bond motifs is 2. The molecule has 0 amide bonds. The summed E-state index contributed by atoms with van der Waals surface area (Å²) in [4.78, 5) is 10.1. The first-order valence-corrected chi connectivity index (χ1v) is 36.4. The number of hydrogen-bond acceptors (Lipinski definition) is 1. The van der Waals surface area contributed by atoms with Crippen molar-refractivity contribution in [3.05, 3.63) is 12.2 Å². The number of alkyl halides is 1. The minimum atomic E-state index is 0.183. The lowest BCUT2D eigenvalue weighted by Crippen LogP contribution is -2.61. The Balaban J connectivity index is 0.000000483. The van der Waals surface area contributed by atoms with Crippen molar-refractivity contribution in [2.24, 2.45) is 116 Å². The summed E-state index contributed by atoms with van der Waals surface area (Å²) in [5.41, 5.74) is 8.02. The number of halogens is 1. The Morgan fingerprint density at radius 1 is 0.386 bits per heavy atom. The number of rotatable bonds is 1. The Hall–Kier alpha value is 0.140. The average molecular weight is 1270 g/mol. The van der Waals surface area contributed by atoms with Gasteiger partial charge in [0.05, 0.1) is 3.92 Å². The first-order valence-electron chi connectivity index (χ1n) is 35.2. The standard InChI is InChI=1S/C19H36.C12H20.C10H20.2C9H18.C8H14.2C5H12.C4H7IO/c1-13(2)14(3,4)19(12)16(7,8)15(5,6)18(13,11)17(19,9)10;1-12(2)10-4-8-3-9(6-10)7-11(12)5-8;1-9(2)7-5-6-8-10(9,3)4;2*1-8(2)6-5-7-9(8,3)4;1-8(2)6-4-3-5-7-8;2*1-5(2,3)4;1-3(5)4(2)6/h1-12H3;8-11H,3-7H2,1-2H3;5-8H2,1-4H3;2*5-7H2,1-4H3;4,6H,3,5,7H2,1-2H3;2*1-4H3;3H,1-2H3. The van der Waals surface area contributed by atoms with Crippen LogP contribution in [0.4, 0.5) is 0 Å². The third-order valence-corrected chi connectivity index (χ3v) is 29.6. The lowest BCUT2D eigenvalue weighted by atomic mass is 9.37. The zero-order chi connectivity index (χ0) is 66.1. The van der Waals surface area contributed by atoms with Crippen LogP contribution in [0.2, 0.25) is 0 Å². The maximum atomic E-state index is 10.1. The van der Waals surface area contributed by atoms with Gasteiger partial charge < -0.3 is 0 Å². The molecule has 0 N–H and O–H groups in total. The maximum Gasteiger partial charge on any atom is 0.142 e. The summed E-state index contributed by atoms with van der Waals surface area (Å²) in [6.45, 7) is 89.8. The molecule has 494 valence electrons. The number of carbonyl (C=O) groups excluding carboxylic acids is 1. The number of allylic oxidation sites excluding steroid dienone is 2. The normalized spacial score (nSPS) is 33.9. The summed E-state index contributed by atoms with van der Waals surface area (Å²) in [5, 5.41) is 0. The third-order valence-electron chi connectivity index (χ3n) is 28.7. The van der Waals surface area contributed by atoms with E-state index in [1.807, 2.05) is 6.92 Å². The molecule has 1 unspecified atom stereocenters. The molecule has 9 fully saturated rings. The predicted octanol–water partition coefficient (Wildman–Crippen LogP) is 27.9. The van der Waals surface area contributed by atoms with Gasteiger partial charge in [-0.1, -0.05) is 310 Å². The van der Waals surface area contributed by atoms with Gasteiger partial charge in [-0.25, -0.2) is 0 Å². The lowest BCUT2D eigenvalue weighted by Gasteiger charge is -2.67. The summed E-state index contributed by atoms with van der Waals surface area (Å²) in [6.07, 6.45) is 30.8. The quantitative estimate of drug-likeness (QED) is 0.145. The van der Waals surface area contributed by atoms with Crippen molar-refractivity contribution in [1.29, 1.82) is 0 Å². The second-order valence-electron chi connectivity index (χ2n) is 41.2. The van der Waals surface area contributed by atoms with Crippen LogP contribution >= 0.6 is 22.6 Å². The molecule has 0 spiro atoms. The molecule has 83 heavy (non-hydrogen) atoms. The maximum absolute atomic E-state index is 10.1. The van der Waals surface area contributed by atoms with Crippen molar-refractivity contribution in [2.45, 2.75) is 383 Å². The van der Waals surface area contributed by atoms with Gasteiger partial charge in [-0.15, -0.1) is 0 Å². The fraction of sp³-hybridized carbons (Fsp3) is 0.963. The molecule has 10 rings (SSSR count). The van der Waals surface area contributed by atoms with Crippen LogP contribution in [0.5, 0.6) is 0 Å². The van der Waals surface area contributed by atoms with Gasteiger partial charge in [-0.3, -0.25) is 4.79 Å². The van der Waals surface area contributed by atoms with Gasteiger partial charge in [-0.05, 0) is 219 Å². The minimum absolute atomic E-state index is 0.183. The zero-order valence-electron chi connectivity index (χ0n) is 64.6. The summed E-state index contributed by atoms with van der Waals surface area (Å²) in [6, 6.07) is 0. The second-order valence-corrected chi connectivity index (χ2v) is 43.1. The van der Waals surface area contributed by atoms with Gasteiger partial charge >= 0.3 is 0 Å². The van der Waals surface area contributed by atoms with Crippen LogP contribution in [0.3, 0.4) is 0 Å². The molecule has 0 aliphatic heterocycles. The highest BCUT2D eigenvalue weighted by Crippen LogP contribution is 2.94. The molecular formula is C81H157IO. The van der Waals surface area contributed by atoms with Crippen LogP contribution in [-0.2, 0) is 4.79 Å². The molecule has 1 nitrogen and oxygen atoms in total. The van der Waals surface area contributed by atoms with Crippen LogP contribution in [0.15, 0.2) is 12.2 Å². The number of Topliss-reactive ketones (excluding diaryl/α,β-unsaturated/α-hetero) is 1. The van der Waals surface area contributed by atoms with Gasteiger partial charge in [0.2, 0.25) is 0 Å². The second kappa shape index (κ2) is 27.5.